The molecule has 2 aromatic heterocycles. The third-order valence-corrected chi connectivity index (χ3v) is 3.37. The van der Waals surface area contributed by atoms with Gasteiger partial charge < -0.3 is 4.57 Å². The second-order valence-electron chi connectivity index (χ2n) is 3.63. The van der Waals surface area contributed by atoms with Crippen molar-refractivity contribution in [1.29, 1.82) is 0 Å². The van der Waals surface area contributed by atoms with E-state index in [4.69, 9.17) is 0 Å². The summed E-state index contributed by atoms with van der Waals surface area (Å²) in [6, 6.07) is 0. The van der Waals surface area contributed by atoms with E-state index in [-0.39, 0.29) is 0 Å². The molecule has 14 heavy (non-hydrogen) atoms. The Kier molecular flexibility index (Phi) is 2.42. The number of thiazole rings is 1. The van der Waals surface area contributed by atoms with Crippen molar-refractivity contribution in [1.82, 2.24) is 9.55 Å². The van der Waals surface area contributed by atoms with Crippen LogP contribution in [0, 0.1) is 20.8 Å². The molecule has 0 bridgehead atoms. The minimum absolute atomic E-state index is 0.893. The predicted molar refractivity (Wildman–Crippen MR) is 59.9 cm³/mol. The number of hydrogen-bond donors (Lipinski definition) is 0. The van der Waals surface area contributed by atoms with Crippen molar-refractivity contribution in [2.24, 2.45) is 0 Å². The largest absolute Gasteiger partial charge is 0.345 e. The zero-order valence-corrected chi connectivity index (χ0v) is 9.56. The second kappa shape index (κ2) is 3.58. The maximum absolute atomic E-state index is 4.29. The van der Waals surface area contributed by atoms with Crippen LogP contribution in [0.25, 0.3) is 0 Å². The van der Waals surface area contributed by atoms with Gasteiger partial charge in [0.05, 0.1) is 17.7 Å². The van der Waals surface area contributed by atoms with Crippen LogP contribution < -0.4 is 0 Å². The minimum atomic E-state index is 0.893. The summed E-state index contributed by atoms with van der Waals surface area (Å²) < 4.78 is 2.26. The summed E-state index contributed by atoms with van der Waals surface area (Å²) in [6.45, 7) is 7.38. The van der Waals surface area contributed by atoms with E-state index in [9.17, 15) is 0 Å². The lowest BCUT2D eigenvalue weighted by Gasteiger charge is -2.03. The molecule has 0 N–H and O–H groups in total. The van der Waals surface area contributed by atoms with Crippen LogP contribution in [-0.2, 0) is 6.54 Å². The first-order chi connectivity index (χ1) is 6.68. The number of hydrogen-bond acceptors (Lipinski definition) is 2. The Hall–Kier alpha value is -1.09. The molecule has 3 heteroatoms. The standard InChI is InChI=1S/C11H14N2S/c1-8-4-13(10(3)9(8)2)5-11-6-14-7-12-11/h4,6-7H,5H2,1-3H3. The average Bonchev–Trinajstić information content (AvgIpc) is 2.73. The zero-order valence-electron chi connectivity index (χ0n) is 8.74. The number of aryl methyl sites for hydroxylation is 1. The first kappa shape index (κ1) is 9.46. The summed E-state index contributed by atoms with van der Waals surface area (Å²) in [5.41, 5.74) is 7.12. The van der Waals surface area contributed by atoms with Crippen LogP contribution in [0.15, 0.2) is 17.1 Å². The van der Waals surface area contributed by atoms with Crippen molar-refractivity contribution < 1.29 is 0 Å². The molecule has 2 nitrogen and oxygen atoms in total. The maximum Gasteiger partial charge on any atom is 0.0795 e. The molecule has 2 rings (SSSR count). The molecule has 0 saturated carbocycles. The molecule has 2 heterocycles. The zero-order chi connectivity index (χ0) is 10.1. The van der Waals surface area contributed by atoms with Crippen LogP contribution in [-0.4, -0.2) is 9.55 Å². The fourth-order valence-electron chi connectivity index (χ4n) is 1.58. The van der Waals surface area contributed by atoms with Gasteiger partial charge in [0.25, 0.3) is 0 Å². The van der Waals surface area contributed by atoms with Crippen molar-refractivity contribution in [3.63, 3.8) is 0 Å². The molecule has 0 atom stereocenters. The first-order valence-electron chi connectivity index (χ1n) is 4.68. The van der Waals surface area contributed by atoms with Crippen LogP contribution >= 0.6 is 11.3 Å². The van der Waals surface area contributed by atoms with Crippen molar-refractivity contribution in [2.45, 2.75) is 27.3 Å². The van der Waals surface area contributed by atoms with Crippen LogP contribution in [0.5, 0.6) is 0 Å². The molecule has 0 aliphatic rings. The summed E-state index contributed by atoms with van der Waals surface area (Å²) in [5, 5.41) is 2.10. The lowest BCUT2D eigenvalue weighted by molar-refractivity contribution is 0.756. The van der Waals surface area contributed by atoms with Gasteiger partial charge in [-0.05, 0) is 31.9 Å². The van der Waals surface area contributed by atoms with Crippen LogP contribution in [0.4, 0.5) is 0 Å². The van der Waals surface area contributed by atoms with E-state index < -0.39 is 0 Å². The molecular formula is C11H14N2S. The molecule has 2 aromatic rings. The van der Waals surface area contributed by atoms with E-state index in [0.29, 0.717) is 0 Å². The number of rotatable bonds is 2. The normalized spacial score (nSPS) is 10.8. The van der Waals surface area contributed by atoms with E-state index in [2.05, 4.69) is 41.9 Å². The van der Waals surface area contributed by atoms with E-state index in [0.717, 1.165) is 12.2 Å². The third-order valence-electron chi connectivity index (χ3n) is 2.73. The summed E-state index contributed by atoms with van der Waals surface area (Å²) in [4.78, 5) is 4.29. The Morgan fingerprint density at radius 3 is 2.64 bits per heavy atom. The average molecular weight is 206 g/mol. The number of aromatic nitrogens is 2. The van der Waals surface area contributed by atoms with E-state index in [1.807, 2.05) is 5.51 Å². The molecule has 0 spiro atoms. The van der Waals surface area contributed by atoms with Gasteiger partial charge in [-0.15, -0.1) is 11.3 Å². The smallest absolute Gasteiger partial charge is 0.0795 e. The Morgan fingerprint density at radius 1 is 1.36 bits per heavy atom. The van der Waals surface area contributed by atoms with Gasteiger partial charge in [0.2, 0.25) is 0 Å². The van der Waals surface area contributed by atoms with Gasteiger partial charge in [0.15, 0.2) is 0 Å². The van der Waals surface area contributed by atoms with Crippen molar-refractivity contribution in [3.8, 4) is 0 Å². The molecule has 0 amide bonds. The van der Waals surface area contributed by atoms with Crippen LogP contribution in [0.3, 0.4) is 0 Å². The summed E-state index contributed by atoms with van der Waals surface area (Å²) in [7, 11) is 0. The first-order valence-corrected chi connectivity index (χ1v) is 5.62. The van der Waals surface area contributed by atoms with Gasteiger partial charge in [-0.3, -0.25) is 0 Å². The molecule has 0 saturated heterocycles. The van der Waals surface area contributed by atoms with Gasteiger partial charge in [0, 0.05) is 17.3 Å². The molecule has 0 aromatic carbocycles. The Morgan fingerprint density at radius 2 is 2.14 bits per heavy atom. The number of nitrogens with zero attached hydrogens (tertiary/aromatic N) is 2. The van der Waals surface area contributed by atoms with Crippen LogP contribution in [0.2, 0.25) is 0 Å². The van der Waals surface area contributed by atoms with Crippen LogP contribution in [0.1, 0.15) is 22.5 Å². The molecule has 0 aliphatic carbocycles. The van der Waals surface area contributed by atoms with Crippen molar-refractivity contribution in [3.05, 3.63) is 39.6 Å². The molecule has 0 radical (unpaired) electrons. The van der Waals surface area contributed by atoms with Gasteiger partial charge >= 0.3 is 0 Å². The lowest BCUT2D eigenvalue weighted by atomic mass is 10.2. The van der Waals surface area contributed by atoms with Gasteiger partial charge in [-0.25, -0.2) is 4.98 Å². The Bertz CT molecular complexity index is 426. The van der Waals surface area contributed by atoms with E-state index >= 15 is 0 Å². The monoisotopic (exact) mass is 206 g/mol. The summed E-state index contributed by atoms with van der Waals surface area (Å²) in [5.74, 6) is 0. The molecule has 0 aliphatic heterocycles. The fraction of sp³-hybridized carbons (Fsp3) is 0.364. The van der Waals surface area contributed by atoms with Gasteiger partial charge in [0.1, 0.15) is 0 Å². The van der Waals surface area contributed by atoms with Crippen molar-refractivity contribution >= 4 is 11.3 Å². The topological polar surface area (TPSA) is 17.8 Å². The summed E-state index contributed by atoms with van der Waals surface area (Å²) >= 11 is 1.65. The third kappa shape index (κ3) is 1.60. The van der Waals surface area contributed by atoms with E-state index in [1.54, 1.807) is 11.3 Å². The van der Waals surface area contributed by atoms with Gasteiger partial charge in [-0.1, -0.05) is 0 Å². The highest BCUT2D eigenvalue weighted by Crippen LogP contribution is 2.16. The molecule has 0 unspecified atom stereocenters. The molecule has 0 fully saturated rings. The fourth-order valence-corrected chi connectivity index (χ4v) is 2.13. The Balaban J connectivity index is 2.30. The highest BCUT2D eigenvalue weighted by Gasteiger charge is 2.05. The van der Waals surface area contributed by atoms with Gasteiger partial charge in [-0.2, -0.15) is 0 Å². The highest BCUT2D eigenvalue weighted by molar-refractivity contribution is 7.07. The maximum atomic E-state index is 4.29. The molecular weight excluding hydrogens is 192 g/mol. The molecule has 74 valence electrons. The second-order valence-corrected chi connectivity index (χ2v) is 4.35. The van der Waals surface area contributed by atoms with Crippen molar-refractivity contribution in [2.75, 3.05) is 0 Å². The minimum Gasteiger partial charge on any atom is -0.345 e. The highest BCUT2D eigenvalue weighted by atomic mass is 32.1. The SMILES string of the molecule is Cc1cn(Cc2cscn2)c(C)c1C. The Labute approximate surface area is 88.2 Å². The predicted octanol–water partition coefficient (Wildman–Crippen LogP) is 2.92. The quantitative estimate of drug-likeness (QED) is 0.738. The summed E-state index contributed by atoms with van der Waals surface area (Å²) in [6.07, 6.45) is 2.20. The lowest BCUT2D eigenvalue weighted by Crippen LogP contribution is -2.00. The van der Waals surface area contributed by atoms with E-state index in [1.165, 1.54) is 16.8 Å².